The van der Waals surface area contributed by atoms with Gasteiger partial charge in [-0.1, -0.05) is 0 Å². The van der Waals surface area contributed by atoms with Crippen molar-refractivity contribution < 1.29 is 4.74 Å². The lowest BCUT2D eigenvalue weighted by Crippen LogP contribution is -2.49. The van der Waals surface area contributed by atoms with Gasteiger partial charge >= 0.3 is 0 Å². The highest BCUT2D eigenvalue weighted by Crippen LogP contribution is 2.22. The summed E-state index contributed by atoms with van der Waals surface area (Å²) in [5.41, 5.74) is 3.54. The van der Waals surface area contributed by atoms with Crippen molar-refractivity contribution in [2.45, 2.75) is 45.4 Å². The predicted octanol–water partition coefficient (Wildman–Crippen LogP) is 0.979. The number of H-pyrrole nitrogens is 1. The standard InChI is InChI=1S/C14H24N4O/c1-10-14(11(2)17-16-10)7-15-6-13-8-18-5-3-4-12(18)9-19-13/h12-13,15H,3-9H2,1-2H3,(H,16,17). The molecule has 2 fully saturated rings. The number of ether oxygens (including phenoxy) is 1. The molecule has 3 heterocycles. The lowest BCUT2D eigenvalue weighted by molar-refractivity contribution is -0.0470. The second kappa shape index (κ2) is 5.61. The van der Waals surface area contributed by atoms with Crippen LogP contribution in [0.3, 0.4) is 0 Å². The van der Waals surface area contributed by atoms with Crippen LogP contribution in [0.2, 0.25) is 0 Å². The summed E-state index contributed by atoms with van der Waals surface area (Å²) in [7, 11) is 0. The highest BCUT2D eigenvalue weighted by molar-refractivity contribution is 5.22. The molecule has 0 radical (unpaired) electrons. The van der Waals surface area contributed by atoms with Crippen molar-refractivity contribution in [3.05, 3.63) is 17.0 Å². The second-order valence-corrected chi connectivity index (χ2v) is 5.79. The van der Waals surface area contributed by atoms with Crippen LogP contribution in [0.5, 0.6) is 0 Å². The minimum Gasteiger partial charge on any atom is -0.374 e. The Hall–Kier alpha value is -0.910. The summed E-state index contributed by atoms with van der Waals surface area (Å²) >= 11 is 0. The molecule has 2 N–H and O–H groups in total. The number of nitrogens with one attached hydrogen (secondary N) is 2. The quantitative estimate of drug-likeness (QED) is 0.851. The van der Waals surface area contributed by atoms with Crippen molar-refractivity contribution in [2.75, 3.05) is 26.2 Å². The molecule has 0 amide bonds. The molecule has 0 spiro atoms. The van der Waals surface area contributed by atoms with E-state index in [4.69, 9.17) is 4.74 Å². The molecule has 2 unspecified atom stereocenters. The number of morpholine rings is 1. The van der Waals surface area contributed by atoms with E-state index in [-0.39, 0.29) is 0 Å². The fraction of sp³-hybridized carbons (Fsp3) is 0.786. The van der Waals surface area contributed by atoms with Gasteiger partial charge in [-0.05, 0) is 33.2 Å². The third kappa shape index (κ3) is 2.83. The summed E-state index contributed by atoms with van der Waals surface area (Å²) in [6, 6.07) is 0.689. The number of fused-ring (bicyclic) bond motifs is 1. The van der Waals surface area contributed by atoms with Crippen molar-refractivity contribution in [2.24, 2.45) is 0 Å². The van der Waals surface area contributed by atoms with E-state index in [2.05, 4.69) is 27.3 Å². The molecule has 19 heavy (non-hydrogen) atoms. The Bertz CT molecular complexity index is 412. The third-order valence-corrected chi connectivity index (χ3v) is 4.42. The first-order chi connectivity index (χ1) is 9.24. The summed E-state index contributed by atoms with van der Waals surface area (Å²) in [4.78, 5) is 2.59. The Labute approximate surface area is 114 Å². The monoisotopic (exact) mass is 264 g/mol. The van der Waals surface area contributed by atoms with Crippen LogP contribution >= 0.6 is 0 Å². The maximum absolute atomic E-state index is 5.94. The Morgan fingerprint density at radius 3 is 3.16 bits per heavy atom. The van der Waals surface area contributed by atoms with Gasteiger partial charge in [0.05, 0.1) is 18.4 Å². The lowest BCUT2D eigenvalue weighted by Gasteiger charge is -2.35. The van der Waals surface area contributed by atoms with Crippen LogP contribution in [0, 0.1) is 13.8 Å². The van der Waals surface area contributed by atoms with Gasteiger partial charge in [0.15, 0.2) is 0 Å². The number of aryl methyl sites for hydroxylation is 2. The lowest BCUT2D eigenvalue weighted by atomic mass is 10.1. The molecule has 1 aromatic heterocycles. The molecule has 0 bridgehead atoms. The molecular weight excluding hydrogens is 240 g/mol. The van der Waals surface area contributed by atoms with E-state index in [1.165, 1.54) is 24.9 Å². The number of rotatable bonds is 4. The van der Waals surface area contributed by atoms with E-state index < -0.39 is 0 Å². The predicted molar refractivity (Wildman–Crippen MR) is 74.1 cm³/mol. The third-order valence-electron chi connectivity index (χ3n) is 4.42. The van der Waals surface area contributed by atoms with Gasteiger partial charge in [-0.2, -0.15) is 5.10 Å². The fourth-order valence-electron chi connectivity index (χ4n) is 3.20. The molecule has 5 heteroatoms. The molecule has 106 valence electrons. The van der Waals surface area contributed by atoms with Crippen LogP contribution in [0.15, 0.2) is 0 Å². The molecule has 1 aromatic rings. The minimum atomic E-state index is 0.335. The molecule has 2 atom stereocenters. The molecule has 5 nitrogen and oxygen atoms in total. The van der Waals surface area contributed by atoms with Crippen molar-refractivity contribution in [1.29, 1.82) is 0 Å². The Morgan fingerprint density at radius 2 is 2.37 bits per heavy atom. The normalized spacial score (nSPS) is 27.7. The second-order valence-electron chi connectivity index (χ2n) is 5.79. The van der Waals surface area contributed by atoms with Crippen LogP contribution in [0.1, 0.15) is 29.8 Å². The molecule has 2 aliphatic rings. The van der Waals surface area contributed by atoms with Gasteiger partial charge in [-0.25, -0.2) is 0 Å². The van der Waals surface area contributed by atoms with Gasteiger partial charge in [0.2, 0.25) is 0 Å². The molecule has 3 rings (SSSR count). The number of hydrogen-bond donors (Lipinski definition) is 2. The summed E-state index contributed by atoms with van der Waals surface area (Å²) in [5, 5.41) is 10.8. The topological polar surface area (TPSA) is 53.2 Å². The van der Waals surface area contributed by atoms with E-state index in [1.54, 1.807) is 0 Å². The van der Waals surface area contributed by atoms with Gasteiger partial charge < -0.3 is 10.1 Å². The van der Waals surface area contributed by atoms with Gasteiger partial charge in [0.1, 0.15) is 0 Å². The maximum Gasteiger partial charge on any atom is 0.0827 e. The van der Waals surface area contributed by atoms with Gasteiger partial charge in [0.25, 0.3) is 0 Å². The van der Waals surface area contributed by atoms with Crippen molar-refractivity contribution in [1.82, 2.24) is 20.4 Å². The van der Waals surface area contributed by atoms with Crippen LogP contribution < -0.4 is 5.32 Å². The molecular formula is C14H24N4O. The zero-order valence-electron chi connectivity index (χ0n) is 11.9. The summed E-state index contributed by atoms with van der Waals surface area (Å²) < 4.78 is 5.94. The number of hydrogen-bond acceptors (Lipinski definition) is 4. The van der Waals surface area contributed by atoms with Gasteiger partial charge in [-0.3, -0.25) is 10.00 Å². The molecule has 0 aliphatic carbocycles. The molecule has 2 aliphatic heterocycles. The van der Waals surface area contributed by atoms with Crippen LogP contribution in [-0.4, -0.2) is 53.5 Å². The summed E-state index contributed by atoms with van der Waals surface area (Å²) in [5.74, 6) is 0. The largest absolute Gasteiger partial charge is 0.374 e. The Balaban J connectivity index is 1.45. The first kappa shape index (κ1) is 13.1. The van der Waals surface area contributed by atoms with E-state index in [0.29, 0.717) is 12.1 Å². The minimum absolute atomic E-state index is 0.335. The smallest absolute Gasteiger partial charge is 0.0827 e. The summed E-state index contributed by atoms with van der Waals surface area (Å²) in [6.45, 7) is 9.17. The fourth-order valence-corrected chi connectivity index (χ4v) is 3.20. The van der Waals surface area contributed by atoms with Crippen molar-refractivity contribution >= 4 is 0 Å². The Kier molecular flexibility index (Phi) is 3.86. The SMILES string of the molecule is Cc1n[nH]c(C)c1CNCC1CN2CCCC2CO1. The highest BCUT2D eigenvalue weighted by atomic mass is 16.5. The van der Waals surface area contributed by atoms with Gasteiger partial charge in [0, 0.05) is 36.9 Å². The Morgan fingerprint density at radius 1 is 1.47 bits per heavy atom. The van der Waals surface area contributed by atoms with E-state index >= 15 is 0 Å². The molecule has 0 saturated carbocycles. The van der Waals surface area contributed by atoms with Gasteiger partial charge in [-0.15, -0.1) is 0 Å². The highest BCUT2D eigenvalue weighted by Gasteiger charge is 2.31. The van der Waals surface area contributed by atoms with E-state index in [9.17, 15) is 0 Å². The zero-order valence-corrected chi connectivity index (χ0v) is 11.9. The first-order valence-electron chi connectivity index (χ1n) is 7.31. The first-order valence-corrected chi connectivity index (χ1v) is 7.31. The van der Waals surface area contributed by atoms with E-state index in [0.717, 1.165) is 37.6 Å². The summed E-state index contributed by atoms with van der Waals surface area (Å²) in [6.07, 6.45) is 2.98. The number of aromatic nitrogens is 2. The van der Waals surface area contributed by atoms with E-state index in [1.807, 2.05) is 6.92 Å². The van der Waals surface area contributed by atoms with Crippen LogP contribution in [0.4, 0.5) is 0 Å². The van der Waals surface area contributed by atoms with Crippen molar-refractivity contribution in [3.8, 4) is 0 Å². The number of nitrogens with zero attached hydrogens (tertiary/aromatic N) is 2. The maximum atomic E-state index is 5.94. The molecule has 0 aromatic carbocycles. The van der Waals surface area contributed by atoms with Crippen LogP contribution in [-0.2, 0) is 11.3 Å². The number of aromatic amines is 1. The zero-order chi connectivity index (χ0) is 13.2. The molecule has 2 saturated heterocycles. The van der Waals surface area contributed by atoms with Crippen molar-refractivity contribution in [3.63, 3.8) is 0 Å². The average molecular weight is 264 g/mol. The average Bonchev–Trinajstić information content (AvgIpc) is 2.99. The van der Waals surface area contributed by atoms with Crippen LogP contribution in [0.25, 0.3) is 0 Å².